The van der Waals surface area contributed by atoms with E-state index in [4.69, 9.17) is 14.2 Å². The first-order chi connectivity index (χ1) is 22.8. The second-order valence-corrected chi connectivity index (χ2v) is 16.8. The van der Waals surface area contributed by atoms with E-state index in [1.165, 1.54) is 6.92 Å². The molecule has 276 valence electrons. The van der Waals surface area contributed by atoms with E-state index in [1.54, 1.807) is 26.0 Å². The molecule has 1 heterocycles. The second-order valence-electron chi connectivity index (χ2n) is 16.8. The van der Waals surface area contributed by atoms with Gasteiger partial charge < -0.3 is 39.8 Å². The van der Waals surface area contributed by atoms with Gasteiger partial charge in [0.05, 0.1) is 18.8 Å². The third-order valence-electron chi connectivity index (χ3n) is 12.8. The molecule has 11 heteroatoms. The zero-order valence-electron chi connectivity index (χ0n) is 30.7. The first kappa shape index (κ1) is 38.1. The number of unbranched alkanes of at least 4 members (excludes halogenated alkanes) is 4. The summed E-state index contributed by atoms with van der Waals surface area (Å²) in [5, 5.41) is 49.4. The fourth-order valence-corrected chi connectivity index (χ4v) is 10.2. The molecule has 9 atom stereocenters. The van der Waals surface area contributed by atoms with Crippen molar-refractivity contribution in [1.29, 1.82) is 0 Å². The van der Waals surface area contributed by atoms with Crippen molar-refractivity contribution in [2.75, 3.05) is 13.2 Å². The highest BCUT2D eigenvalue weighted by Crippen LogP contribution is 2.77. The molecule has 49 heavy (non-hydrogen) atoms. The first-order valence-electron chi connectivity index (χ1n) is 18.3. The van der Waals surface area contributed by atoms with Crippen LogP contribution in [0.3, 0.4) is 0 Å². The smallest absolute Gasteiger partial charge is 0.306 e. The van der Waals surface area contributed by atoms with E-state index in [1.807, 2.05) is 27.7 Å². The van der Waals surface area contributed by atoms with Crippen molar-refractivity contribution in [3.8, 4) is 0 Å². The minimum Gasteiger partial charge on any atom is -0.783 e. The molecule has 1 saturated heterocycles. The number of ketones is 1. The molecule has 0 bridgehead atoms. The van der Waals surface area contributed by atoms with Gasteiger partial charge in [0.15, 0.2) is 11.4 Å². The van der Waals surface area contributed by atoms with Crippen molar-refractivity contribution in [2.45, 2.75) is 154 Å². The van der Waals surface area contributed by atoms with Crippen LogP contribution in [0.4, 0.5) is 0 Å². The molecule has 0 aromatic heterocycles. The van der Waals surface area contributed by atoms with Gasteiger partial charge in [-0.25, -0.2) is 0 Å². The lowest BCUT2D eigenvalue weighted by molar-refractivity contribution is -0.228. The van der Waals surface area contributed by atoms with E-state index in [-0.39, 0.29) is 12.8 Å². The number of fused-ring (bicyclic) bond motifs is 5. The van der Waals surface area contributed by atoms with Gasteiger partial charge in [0, 0.05) is 54.4 Å². The van der Waals surface area contributed by atoms with Crippen molar-refractivity contribution < 1.29 is 43.9 Å². The molecule has 1 aliphatic heterocycles. The van der Waals surface area contributed by atoms with Gasteiger partial charge in [0.25, 0.3) is 0 Å². The lowest BCUT2D eigenvalue weighted by atomic mass is 9.59. The minimum absolute atomic E-state index is 0.0853. The average Bonchev–Trinajstić information content (AvgIpc) is 3.33. The zero-order valence-corrected chi connectivity index (χ0v) is 30.7. The Labute approximate surface area is 291 Å². The number of hydroxylamine groups is 2. The zero-order chi connectivity index (χ0) is 36.4. The minimum atomic E-state index is -1.97. The Kier molecular flexibility index (Phi) is 10.2. The third kappa shape index (κ3) is 5.84. The fraction of sp³-hybridized carbons (Fsp3) is 0.816. The number of hydrogen-bond donors (Lipinski definition) is 3. The van der Waals surface area contributed by atoms with Crippen LogP contribution in [0.25, 0.3) is 0 Å². The van der Waals surface area contributed by atoms with Gasteiger partial charge in [-0.1, -0.05) is 59.1 Å². The van der Waals surface area contributed by atoms with Crippen molar-refractivity contribution in [3.05, 3.63) is 28.5 Å². The van der Waals surface area contributed by atoms with Crippen molar-refractivity contribution in [2.24, 2.45) is 29.1 Å². The SMILES string of the molecule is CCCCCC1(CCCCCC(=O)O[C@@H]2[C@@H](C)[C@@]3(O)[C@@H](C=C(CO)C[C@]4(O)C(=O)C(C)=C[C@@H]34)[C@@H]3C(C)(C)[C@]23OC(C)=O)OCC(C)(C)N1[O-]. The van der Waals surface area contributed by atoms with Crippen molar-refractivity contribution >= 4 is 17.7 Å². The lowest BCUT2D eigenvalue weighted by Gasteiger charge is -2.53. The Bertz CT molecular complexity index is 1390. The van der Waals surface area contributed by atoms with Gasteiger partial charge >= 0.3 is 11.9 Å². The summed E-state index contributed by atoms with van der Waals surface area (Å²) >= 11 is 0. The predicted molar refractivity (Wildman–Crippen MR) is 181 cm³/mol. The number of esters is 2. The molecule has 4 aliphatic carbocycles. The maximum atomic E-state index is 13.6. The molecule has 3 N–H and O–H groups in total. The number of aliphatic hydroxyl groups is 3. The van der Waals surface area contributed by atoms with Crippen LogP contribution in [0.15, 0.2) is 23.3 Å². The molecule has 11 nitrogen and oxygen atoms in total. The number of nitrogens with zero attached hydrogens (tertiary/aromatic N) is 1. The fourth-order valence-electron chi connectivity index (χ4n) is 10.2. The topological polar surface area (TPSA) is 166 Å². The van der Waals surface area contributed by atoms with Crippen LogP contribution >= 0.6 is 0 Å². The maximum Gasteiger partial charge on any atom is 0.306 e. The number of aliphatic hydroxyl groups excluding tert-OH is 1. The molecule has 0 aromatic rings. The molecule has 0 spiro atoms. The predicted octanol–water partition coefficient (Wildman–Crippen LogP) is 4.89. The summed E-state index contributed by atoms with van der Waals surface area (Å²) in [5.41, 5.74) is -6.46. The summed E-state index contributed by atoms with van der Waals surface area (Å²) in [5.74, 6) is -4.69. The van der Waals surface area contributed by atoms with Crippen LogP contribution in [-0.4, -0.2) is 85.5 Å². The van der Waals surface area contributed by atoms with Gasteiger partial charge in [-0.15, -0.1) is 0 Å². The number of ether oxygens (including phenoxy) is 3. The van der Waals surface area contributed by atoms with Gasteiger partial charge in [-0.2, -0.15) is 0 Å². The van der Waals surface area contributed by atoms with Crippen molar-refractivity contribution in [1.82, 2.24) is 5.06 Å². The van der Waals surface area contributed by atoms with E-state index in [0.29, 0.717) is 49.9 Å². The van der Waals surface area contributed by atoms with Crippen molar-refractivity contribution in [3.63, 3.8) is 0 Å². The number of hydrogen-bond acceptors (Lipinski definition) is 11. The summed E-state index contributed by atoms with van der Waals surface area (Å²) < 4.78 is 18.5. The van der Waals surface area contributed by atoms with Crippen LogP contribution in [0.2, 0.25) is 0 Å². The summed E-state index contributed by atoms with van der Waals surface area (Å²) in [6, 6.07) is 0. The highest BCUT2D eigenvalue weighted by Gasteiger charge is 2.87. The quantitative estimate of drug-likeness (QED) is 0.137. The van der Waals surface area contributed by atoms with Crippen LogP contribution < -0.4 is 0 Å². The summed E-state index contributed by atoms with van der Waals surface area (Å²) in [7, 11) is 0. The molecular formula is C38H58NO10-. The molecule has 2 saturated carbocycles. The Morgan fingerprint density at radius 3 is 2.29 bits per heavy atom. The van der Waals surface area contributed by atoms with Crippen LogP contribution in [0, 0.1) is 34.3 Å². The lowest BCUT2D eigenvalue weighted by Crippen LogP contribution is -2.66. The van der Waals surface area contributed by atoms with E-state index in [9.17, 15) is 34.9 Å². The van der Waals surface area contributed by atoms with Crippen LogP contribution in [0.1, 0.15) is 120 Å². The molecule has 0 amide bonds. The Hall–Kier alpha value is -2.15. The Balaban J connectivity index is 1.35. The number of carbonyl (C=O) groups excluding carboxylic acids is 3. The van der Waals surface area contributed by atoms with Crippen LogP contribution in [0.5, 0.6) is 0 Å². The summed E-state index contributed by atoms with van der Waals surface area (Å²) in [6.45, 7) is 14.3. The van der Waals surface area contributed by atoms with E-state index < -0.39 is 87.6 Å². The van der Waals surface area contributed by atoms with Gasteiger partial charge in [-0.05, 0) is 64.0 Å². The Morgan fingerprint density at radius 2 is 1.71 bits per heavy atom. The largest absolute Gasteiger partial charge is 0.783 e. The van der Waals surface area contributed by atoms with Gasteiger partial charge in [0.2, 0.25) is 0 Å². The van der Waals surface area contributed by atoms with Crippen LogP contribution in [-0.2, 0) is 28.6 Å². The van der Waals surface area contributed by atoms with E-state index in [2.05, 4.69) is 6.92 Å². The normalized spacial score (nSPS) is 40.4. The average molecular weight is 689 g/mol. The molecule has 1 unspecified atom stereocenters. The summed E-state index contributed by atoms with van der Waals surface area (Å²) in [4.78, 5) is 39.6. The summed E-state index contributed by atoms with van der Waals surface area (Å²) in [6.07, 6.45) is 8.33. The maximum absolute atomic E-state index is 13.6. The Morgan fingerprint density at radius 1 is 1.06 bits per heavy atom. The first-order valence-corrected chi connectivity index (χ1v) is 18.3. The molecule has 0 radical (unpaired) electrons. The third-order valence-corrected chi connectivity index (χ3v) is 12.8. The molecule has 5 rings (SSSR count). The second kappa shape index (κ2) is 13.1. The molecular weight excluding hydrogens is 630 g/mol. The number of carbonyl (C=O) groups is 3. The van der Waals surface area contributed by atoms with E-state index in [0.717, 1.165) is 24.3 Å². The monoisotopic (exact) mass is 688 g/mol. The van der Waals surface area contributed by atoms with Gasteiger partial charge in [0.1, 0.15) is 17.4 Å². The highest BCUT2D eigenvalue weighted by molar-refractivity contribution is 6.04. The number of rotatable bonds is 13. The van der Waals surface area contributed by atoms with E-state index >= 15 is 0 Å². The molecule has 5 aliphatic rings. The van der Waals surface area contributed by atoms with Gasteiger partial charge in [-0.3, -0.25) is 14.4 Å². The highest BCUT2D eigenvalue weighted by atomic mass is 16.6. The molecule has 3 fully saturated rings. The molecule has 0 aromatic carbocycles. The standard InChI is InChI=1S/C38H58NO10/c1-9-10-13-16-35(39(46)33(5,6)22-47-35)17-14-11-12-15-29(42)48-32-24(3)37(45)27(30-34(7,8)38(30,32)49-25(4)41)19-26(21-40)20-36(44)28(37)18-23(2)31(36)43/h18-19,24,27-28,30,32,40,44-45H,9-17,20-22H2,1-8H3/q-1/t24-,27+,28-,30-,32-,35?,36-,37-,38-/m1/s1. The number of Topliss-reactive ketones (excluding diaryl/α,β-unsaturated/α-hetero) is 1.